The topological polar surface area (TPSA) is 20.2 Å². The third-order valence-electron chi connectivity index (χ3n) is 4.13. The number of rotatable bonds is 4. The molecule has 0 spiro atoms. The summed E-state index contributed by atoms with van der Waals surface area (Å²) in [5.41, 5.74) is 3.19. The van der Waals surface area contributed by atoms with E-state index >= 15 is 0 Å². The Labute approximate surface area is 130 Å². The zero-order valence-corrected chi connectivity index (χ0v) is 14.0. The van der Waals surface area contributed by atoms with E-state index < -0.39 is 5.60 Å². The molecule has 0 aromatic carbocycles. The molecule has 21 heavy (non-hydrogen) atoms. The molecule has 0 fully saturated rings. The summed E-state index contributed by atoms with van der Waals surface area (Å²) < 4.78 is 0. The molecule has 0 bridgehead atoms. The van der Waals surface area contributed by atoms with Gasteiger partial charge in [-0.1, -0.05) is 55.2 Å². The average Bonchev–Trinajstić information content (AvgIpc) is 2.37. The molecule has 0 radical (unpaired) electrons. The molecule has 114 valence electrons. The van der Waals surface area contributed by atoms with Crippen LogP contribution in [0.4, 0.5) is 0 Å². The van der Waals surface area contributed by atoms with Crippen LogP contribution in [0.5, 0.6) is 0 Å². The highest BCUT2D eigenvalue weighted by molar-refractivity contribution is 5.37. The Balaban J connectivity index is 2.83. The average molecular weight is 284 g/mol. The first kappa shape index (κ1) is 17.5. The molecule has 1 rings (SSSR count). The standard InChI is InChI=1S/C20H28O/c1-7-20(6,21)15-8-10-16(2)12-13-18-17(3)11-9-14-19(18,4)5/h1,8,10,12-13,15,21H,9,11,14H2,2-6H3/b13-12+,15-8+,16-10+. The molecule has 0 aliphatic heterocycles. The molecule has 1 atom stereocenters. The smallest absolute Gasteiger partial charge is 0.141 e. The summed E-state index contributed by atoms with van der Waals surface area (Å²) in [6.07, 6.45) is 18.8. The quantitative estimate of drug-likeness (QED) is 0.571. The molecule has 0 aromatic heterocycles. The lowest BCUT2D eigenvalue weighted by Gasteiger charge is -2.32. The lowest BCUT2D eigenvalue weighted by atomic mass is 9.72. The number of hydrogen-bond acceptors (Lipinski definition) is 1. The van der Waals surface area contributed by atoms with E-state index in [0.717, 1.165) is 5.57 Å². The summed E-state index contributed by atoms with van der Waals surface area (Å²) in [6.45, 7) is 10.5. The molecule has 0 saturated heterocycles. The summed E-state index contributed by atoms with van der Waals surface area (Å²) in [5.74, 6) is 2.33. The van der Waals surface area contributed by atoms with Crippen LogP contribution >= 0.6 is 0 Å². The van der Waals surface area contributed by atoms with Gasteiger partial charge in [0.05, 0.1) is 0 Å². The summed E-state index contributed by atoms with van der Waals surface area (Å²) >= 11 is 0. The van der Waals surface area contributed by atoms with Crippen molar-refractivity contribution >= 4 is 0 Å². The minimum atomic E-state index is -1.18. The summed E-state index contributed by atoms with van der Waals surface area (Å²) in [5, 5.41) is 9.70. The lowest BCUT2D eigenvalue weighted by molar-refractivity contribution is 0.174. The fraction of sp³-hybridized carbons (Fsp3) is 0.500. The van der Waals surface area contributed by atoms with E-state index in [1.165, 1.54) is 30.4 Å². The van der Waals surface area contributed by atoms with E-state index in [1.54, 1.807) is 13.0 Å². The molecule has 1 heteroatoms. The predicted octanol–water partition coefficient (Wildman–Crippen LogP) is 4.96. The number of hydrogen-bond donors (Lipinski definition) is 1. The van der Waals surface area contributed by atoms with Gasteiger partial charge in [0.15, 0.2) is 0 Å². The van der Waals surface area contributed by atoms with Crippen molar-refractivity contribution in [2.75, 3.05) is 0 Å². The first-order valence-corrected chi connectivity index (χ1v) is 7.62. The Bertz CT molecular complexity index is 531. The summed E-state index contributed by atoms with van der Waals surface area (Å²) in [6, 6.07) is 0. The highest BCUT2D eigenvalue weighted by Gasteiger charge is 2.26. The van der Waals surface area contributed by atoms with Gasteiger partial charge < -0.3 is 5.11 Å². The van der Waals surface area contributed by atoms with Crippen LogP contribution in [0.1, 0.15) is 53.9 Å². The Kier molecular flexibility index (Phi) is 5.81. The second-order valence-corrected chi connectivity index (χ2v) is 6.83. The van der Waals surface area contributed by atoms with E-state index in [9.17, 15) is 5.11 Å². The number of terminal acetylenes is 1. The molecule has 1 aliphatic carbocycles. The van der Waals surface area contributed by atoms with Crippen molar-refractivity contribution in [2.45, 2.75) is 59.5 Å². The van der Waals surface area contributed by atoms with E-state index in [4.69, 9.17) is 6.42 Å². The van der Waals surface area contributed by atoms with Gasteiger partial charge >= 0.3 is 0 Å². The van der Waals surface area contributed by atoms with Gasteiger partial charge in [0, 0.05) is 0 Å². The van der Waals surface area contributed by atoms with E-state index in [0.29, 0.717) is 0 Å². The van der Waals surface area contributed by atoms with Crippen LogP contribution in [0.3, 0.4) is 0 Å². The van der Waals surface area contributed by atoms with Crippen LogP contribution in [-0.4, -0.2) is 10.7 Å². The molecule has 0 heterocycles. The normalized spacial score (nSPS) is 22.6. The predicted molar refractivity (Wildman–Crippen MR) is 91.8 cm³/mol. The van der Waals surface area contributed by atoms with Crippen molar-refractivity contribution in [1.82, 2.24) is 0 Å². The second kappa shape index (κ2) is 6.96. The Morgan fingerprint density at radius 1 is 1.43 bits per heavy atom. The van der Waals surface area contributed by atoms with Crippen LogP contribution in [0.25, 0.3) is 0 Å². The monoisotopic (exact) mass is 284 g/mol. The third kappa shape index (κ3) is 5.40. The maximum atomic E-state index is 9.70. The van der Waals surface area contributed by atoms with Crippen molar-refractivity contribution in [3.8, 4) is 12.3 Å². The van der Waals surface area contributed by atoms with Crippen LogP contribution in [0.15, 0.2) is 47.1 Å². The highest BCUT2D eigenvalue weighted by Crippen LogP contribution is 2.40. The van der Waals surface area contributed by atoms with E-state index in [-0.39, 0.29) is 5.41 Å². The van der Waals surface area contributed by atoms with Crippen LogP contribution in [0.2, 0.25) is 0 Å². The minimum absolute atomic E-state index is 0.266. The fourth-order valence-corrected chi connectivity index (χ4v) is 2.72. The van der Waals surface area contributed by atoms with Gasteiger partial charge in [0.25, 0.3) is 0 Å². The van der Waals surface area contributed by atoms with Gasteiger partial charge in [-0.15, -0.1) is 6.42 Å². The number of allylic oxidation sites excluding steroid dienone is 7. The molecule has 1 nitrogen and oxygen atoms in total. The molecule has 0 saturated carbocycles. The molecular weight excluding hydrogens is 256 g/mol. The Morgan fingerprint density at radius 3 is 2.67 bits per heavy atom. The van der Waals surface area contributed by atoms with Gasteiger partial charge in [0.1, 0.15) is 5.60 Å². The molecule has 0 amide bonds. The van der Waals surface area contributed by atoms with Crippen molar-refractivity contribution in [2.24, 2.45) is 5.41 Å². The summed E-state index contributed by atoms with van der Waals surface area (Å²) in [7, 11) is 0. The fourth-order valence-electron chi connectivity index (χ4n) is 2.72. The summed E-state index contributed by atoms with van der Waals surface area (Å²) in [4.78, 5) is 0. The minimum Gasteiger partial charge on any atom is -0.374 e. The van der Waals surface area contributed by atoms with Crippen LogP contribution in [-0.2, 0) is 0 Å². The zero-order chi connectivity index (χ0) is 16.1. The molecule has 0 aromatic rings. The first-order valence-electron chi connectivity index (χ1n) is 7.62. The van der Waals surface area contributed by atoms with Crippen molar-refractivity contribution in [1.29, 1.82) is 0 Å². The van der Waals surface area contributed by atoms with Crippen molar-refractivity contribution in [3.05, 3.63) is 47.1 Å². The van der Waals surface area contributed by atoms with Gasteiger partial charge in [-0.2, -0.15) is 0 Å². The highest BCUT2D eigenvalue weighted by atomic mass is 16.3. The van der Waals surface area contributed by atoms with Gasteiger partial charge in [-0.05, 0) is 57.1 Å². The van der Waals surface area contributed by atoms with Crippen LogP contribution < -0.4 is 0 Å². The van der Waals surface area contributed by atoms with E-state index in [2.05, 4.69) is 45.8 Å². The van der Waals surface area contributed by atoms with Crippen molar-refractivity contribution < 1.29 is 5.11 Å². The van der Waals surface area contributed by atoms with E-state index in [1.807, 2.05) is 12.2 Å². The Morgan fingerprint density at radius 2 is 2.10 bits per heavy atom. The SMILES string of the molecule is C#CC(C)(O)/C=C/C=C(C)/C=C/C1=C(C)CCCC1(C)C. The largest absolute Gasteiger partial charge is 0.374 e. The second-order valence-electron chi connectivity index (χ2n) is 6.83. The van der Waals surface area contributed by atoms with Gasteiger partial charge in [0.2, 0.25) is 0 Å². The lowest BCUT2D eigenvalue weighted by Crippen LogP contribution is -2.19. The molecule has 1 unspecified atom stereocenters. The van der Waals surface area contributed by atoms with Gasteiger partial charge in [-0.25, -0.2) is 0 Å². The number of aliphatic hydroxyl groups is 1. The van der Waals surface area contributed by atoms with Crippen molar-refractivity contribution in [3.63, 3.8) is 0 Å². The zero-order valence-electron chi connectivity index (χ0n) is 14.0. The van der Waals surface area contributed by atoms with Gasteiger partial charge in [-0.3, -0.25) is 0 Å². The molecule has 1 aliphatic rings. The molecule has 1 N–H and O–H groups in total. The third-order valence-corrected chi connectivity index (χ3v) is 4.13. The Hall–Kier alpha value is -1.52. The maximum Gasteiger partial charge on any atom is 0.141 e. The maximum absolute atomic E-state index is 9.70. The van der Waals surface area contributed by atoms with Crippen LogP contribution in [0, 0.1) is 17.8 Å². The molecular formula is C20H28O. The first-order chi connectivity index (χ1) is 9.68.